The normalized spacial score (nSPS) is 21.2. The first-order valence-electron chi connectivity index (χ1n) is 7.56. The number of carboxylic acid groups (broad SMARTS) is 1. The first kappa shape index (κ1) is 19.3. The SMILES string of the molecule is CC1=C(C)CC(C(=O)Nc2cc(C(F)(F)F)ccc2Cl)C(C(=O)O)C1. The Bertz CT molecular complexity index is 743. The zero-order valence-electron chi connectivity index (χ0n) is 13.6. The molecular formula is C17H17ClF3NO3. The molecule has 0 radical (unpaired) electrons. The number of alkyl halides is 3. The van der Waals surface area contributed by atoms with Gasteiger partial charge in [-0.2, -0.15) is 13.2 Å². The molecule has 1 amide bonds. The van der Waals surface area contributed by atoms with E-state index in [0.717, 1.165) is 29.3 Å². The molecule has 0 saturated heterocycles. The first-order chi connectivity index (χ1) is 11.5. The Morgan fingerprint density at radius 1 is 1.16 bits per heavy atom. The second-order valence-corrected chi connectivity index (χ2v) is 6.61. The monoisotopic (exact) mass is 375 g/mol. The lowest BCUT2D eigenvalue weighted by atomic mass is 9.76. The number of nitrogens with one attached hydrogen (secondary N) is 1. The molecule has 2 N–H and O–H groups in total. The minimum Gasteiger partial charge on any atom is -0.481 e. The Hall–Kier alpha value is -2.02. The summed E-state index contributed by atoms with van der Waals surface area (Å²) < 4.78 is 38.4. The molecule has 8 heteroatoms. The molecule has 1 aliphatic carbocycles. The molecule has 0 aromatic heterocycles. The van der Waals surface area contributed by atoms with Gasteiger partial charge in [-0.3, -0.25) is 9.59 Å². The van der Waals surface area contributed by atoms with Crippen LogP contribution in [0.25, 0.3) is 0 Å². The summed E-state index contributed by atoms with van der Waals surface area (Å²) in [5.41, 5.74) is 0.688. The number of rotatable bonds is 3. The lowest BCUT2D eigenvalue weighted by molar-refractivity contribution is -0.146. The summed E-state index contributed by atoms with van der Waals surface area (Å²) in [5.74, 6) is -3.55. The van der Waals surface area contributed by atoms with Crippen molar-refractivity contribution in [2.75, 3.05) is 5.32 Å². The van der Waals surface area contributed by atoms with Crippen molar-refractivity contribution >= 4 is 29.2 Å². The molecule has 0 aliphatic heterocycles. The minimum atomic E-state index is -4.57. The van der Waals surface area contributed by atoms with Gasteiger partial charge in [0.2, 0.25) is 5.91 Å². The van der Waals surface area contributed by atoms with Gasteiger partial charge in [0.15, 0.2) is 0 Å². The quantitative estimate of drug-likeness (QED) is 0.749. The van der Waals surface area contributed by atoms with Crippen molar-refractivity contribution < 1.29 is 27.9 Å². The number of carboxylic acids is 1. The molecule has 0 spiro atoms. The van der Waals surface area contributed by atoms with Gasteiger partial charge in [-0.25, -0.2) is 0 Å². The Morgan fingerprint density at radius 3 is 2.24 bits per heavy atom. The predicted octanol–water partition coefficient (Wildman–Crippen LogP) is 4.74. The van der Waals surface area contributed by atoms with E-state index in [1.807, 2.05) is 13.8 Å². The largest absolute Gasteiger partial charge is 0.481 e. The molecule has 2 unspecified atom stereocenters. The number of carbonyl (C=O) groups is 2. The number of amides is 1. The van der Waals surface area contributed by atoms with E-state index in [4.69, 9.17) is 11.6 Å². The standard InChI is InChI=1S/C17H17ClF3NO3/c1-8-5-11(12(16(24)25)6-9(8)2)15(23)22-14-7-10(17(19,20)21)3-4-13(14)18/h3-4,7,11-12H,5-6H2,1-2H3,(H,22,23)(H,24,25). The maximum absolute atomic E-state index is 12.8. The van der Waals surface area contributed by atoms with Crippen LogP contribution in [0.4, 0.5) is 18.9 Å². The Morgan fingerprint density at radius 2 is 1.72 bits per heavy atom. The van der Waals surface area contributed by atoms with Crippen molar-refractivity contribution in [3.05, 3.63) is 39.9 Å². The molecule has 1 aromatic carbocycles. The van der Waals surface area contributed by atoms with E-state index in [2.05, 4.69) is 5.32 Å². The summed E-state index contributed by atoms with van der Waals surface area (Å²) in [5, 5.41) is 11.7. The van der Waals surface area contributed by atoms with Gasteiger partial charge < -0.3 is 10.4 Å². The number of aliphatic carboxylic acids is 1. The molecule has 0 bridgehead atoms. The zero-order chi connectivity index (χ0) is 18.9. The number of halogens is 4. The van der Waals surface area contributed by atoms with E-state index in [1.54, 1.807) is 0 Å². The summed E-state index contributed by atoms with van der Waals surface area (Å²) >= 11 is 5.87. The predicted molar refractivity (Wildman–Crippen MR) is 87.3 cm³/mol. The van der Waals surface area contributed by atoms with E-state index >= 15 is 0 Å². The average molecular weight is 376 g/mol. The third-order valence-corrected chi connectivity index (χ3v) is 4.80. The molecule has 2 atom stereocenters. The van der Waals surface area contributed by atoms with E-state index < -0.39 is 35.5 Å². The number of carbonyl (C=O) groups excluding carboxylic acids is 1. The lowest BCUT2D eigenvalue weighted by Gasteiger charge is -2.29. The third-order valence-electron chi connectivity index (χ3n) is 4.47. The Balaban J connectivity index is 2.28. The maximum atomic E-state index is 12.8. The van der Waals surface area contributed by atoms with Gasteiger partial charge in [0.05, 0.1) is 28.1 Å². The minimum absolute atomic E-state index is 0.0486. The molecule has 2 rings (SSSR count). The molecule has 1 aliphatic rings. The smallest absolute Gasteiger partial charge is 0.416 e. The van der Waals surface area contributed by atoms with Crippen LogP contribution in [-0.4, -0.2) is 17.0 Å². The van der Waals surface area contributed by atoms with Crippen molar-refractivity contribution in [1.29, 1.82) is 0 Å². The van der Waals surface area contributed by atoms with Crippen LogP contribution in [0, 0.1) is 11.8 Å². The topological polar surface area (TPSA) is 66.4 Å². The van der Waals surface area contributed by atoms with Crippen molar-refractivity contribution in [2.45, 2.75) is 32.9 Å². The fourth-order valence-corrected chi connectivity index (χ4v) is 3.02. The van der Waals surface area contributed by atoms with E-state index in [-0.39, 0.29) is 23.6 Å². The number of hydrogen-bond acceptors (Lipinski definition) is 2. The van der Waals surface area contributed by atoms with Crippen LogP contribution < -0.4 is 5.32 Å². The Labute approximate surface area is 147 Å². The van der Waals surface area contributed by atoms with Crippen LogP contribution in [0.3, 0.4) is 0 Å². The van der Waals surface area contributed by atoms with Crippen LogP contribution >= 0.6 is 11.6 Å². The van der Waals surface area contributed by atoms with Gasteiger partial charge in [-0.05, 0) is 44.9 Å². The highest BCUT2D eigenvalue weighted by Gasteiger charge is 2.38. The highest BCUT2D eigenvalue weighted by Crippen LogP contribution is 2.37. The van der Waals surface area contributed by atoms with Crippen LogP contribution in [0.2, 0.25) is 5.02 Å². The fraction of sp³-hybridized carbons (Fsp3) is 0.412. The Kier molecular flexibility index (Phi) is 5.46. The van der Waals surface area contributed by atoms with E-state index in [0.29, 0.717) is 0 Å². The second-order valence-electron chi connectivity index (χ2n) is 6.20. The van der Waals surface area contributed by atoms with Gasteiger partial charge >= 0.3 is 12.1 Å². The summed E-state index contributed by atoms with van der Waals surface area (Å²) in [7, 11) is 0. The highest BCUT2D eigenvalue weighted by molar-refractivity contribution is 6.33. The highest BCUT2D eigenvalue weighted by atomic mass is 35.5. The summed E-state index contributed by atoms with van der Waals surface area (Å²) in [6.07, 6.45) is -4.10. The number of benzene rings is 1. The number of anilines is 1. The van der Waals surface area contributed by atoms with Gasteiger partial charge in [0.25, 0.3) is 0 Å². The summed E-state index contributed by atoms with van der Waals surface area (Å²) in [4.78, 5) is 24.0. The van der Waals surface area contributed by atoms with E-state index in [1.165, 1.54) is 0 Å². The molecule has 136 valence electrons. The van der Waals surface area contributed by atoms with Gasteiger partial charge in [0.1, 0.15) is 0 Å². The van der Waals surface area contributed by atoms with Crippen molar-refractivity contribution in [3.8, 4) is 0 Å². The summed E-state index contributed by atoms with van der Waals surface area (Å²) in [6.45, 7) is 3.62. The van der Waals surface area contributed by atoms with Crippen LogP contribution in [0.5, 0.6) is 0 Å². The molecular weight excluding hydrogens is 359 g/mol. The van der Waals surface area contributed by atoms with Gasteiger partial charge in [-0.15, -0.1) is 0 Å². The number of allylic oxidation sites excluding steroid dienone is 2. The molecule has 4 nitrogen and oxygen atoms in total. The van der Waals surface area contributed by atoms with Crippen LogP contribution in [-0.2, 0) is 15.8 Å². The third kappa shape index (κ3) is 4.34. The molecule has 0 heterocycles. The van der Waals surface area contributed by atoms with Crippen molar-refractivity contribution in [3.63, 3.8) is 0 Å². The lowest BCUT2D eigenvalue weighted by Crippen LogP contribution is -2.36. The zero-order valence-corrected chi connectivity index (χ0v) is 14.3. The van der Waals surface area contributed by atoms with E-state index in [9.17, 15) is 27.9 Å². The van der Waals surface area contributed by atoms with Crippen LogP contribution in [0.15, 0.2) is 29.3 Å². The molecule has 25 heavy (non-hydrogen) atoms. The maximum Gasteiger partial charge on any atom is 0.416 e. The summed E-state index contributed by atoms with van der Waals surface area (Å²) in [6, 6.07) is 2.60. The fourth-order valence-electron chi connectivity index (χ4n) is 2.85. The van der Waals surface area contributed by atoms with Crippen molar-refractivity contribution in [2.24, 2.45) is 11.8 Å². The molecule has 1 aromatic rings. The molecule has 0 fully saturated rings. The molecule has 0 saturated carbocycles. The number of hydrogen-bond donors (Lipinski definition) is 2. The average Bonchev–Trinajstić information content (AvgIpc) is 2.50. The van der Waals surface area contributed by atoms with Gasteiger partial charge in [0, 0.05) is 0 Å². The second kappa shape index (κ2) is 7.07. The van der Waals surface area contributed by atoms with Crippen LogP contribution in [0.1, 0.15) is 32.3 Å². The first-order valence-corrected chi connectivity index (χ1v) is 7.94. The van der Waals surface area contributed by atoms with Gasteiger partial charge in [-0.1, -0.05) is 22.7 Å². The van der Waals surface area contributed by atoms with Crippen molar-refractivity contribution in [1.82, 2.24) is 0 Å².